The summed E-state index contributed by atoms with van der Waals surface area (Å²) in [6, 6.07) is 14.0. The number of carbonyl (C=O) groups is 1. The first-order chi connectivity index (χ1) is 12.5. The Morgan fingerprint density at radius 1 is 1.08 bits per heavy atom. The highest BCUT2D eigenvalue weighted by molar-refractivity contribution is 6.33. The maximum Gasteiger partial charge on any atom is 0.254 e. The zero-order chi connectivity index (χ0) is 18.7. The Balaban J connectivity index is 1.82. The smallest absolute Gasteiger partial charge is 0.254 e. The standard InChI is InChI=1S/C19H17Cl2N3O2/c1-12(2)24(19(25)13-7-9-14(20)10-8-13)11-17-22-23-18(26-17)15-5-3-4-6-16(15)21/h3-10,12H,11H2,1-2H3. The molecule has 0 N–H and O–H groups in total. The van der Waals surface area contributed by atoms with Crippen LogP contribution in [0.2, 0.25) is 10.0 Å². The lowest BCUT2D eigenvalue weighted by Crippen LogP contribution is -2.36. The van der Waals surface area contributed by atoms with Crippen LogP contribution in [0.15, 0.2) is 52.9 Å². The van der Waals surface area contributed by atoms with E-state index in [2.05, 4.69) is 10.2 Å². The Kier molecular flexibility index (Phi) is 5.59. The highest BCUT2D eigenvalue weighted by atomic mass is 35.5. The molecule has 0 aliphatic carbocycles. The lowest BCUT2D eigenvalue weighted by atomic mass is 10.1. The third-order valence-corrected chi connectivity index (χ3v) is 4.43. The first-order valence-corrected chi connectivity index (χ1v) is 8.85. The van der Waals surface area contributed by atoms with Gasteiger partial charge in [-0.1, -0.05) is 35.3 Å². The molecule has 134 valence electrons. The van der Waals surface area contributed by atoms with E-state index in [1.807, 2.05) is 26.0 Å². The van der Waals surface area contributed by atoms with Gasteiger partial charge in [0.1, 0.15) is 0 Å². The summed E-state index contributed by atoms with van der Waals surface area (Å²) in [7, 11) is 0. The number of rotatable bonds is 5. The third-order valence-electron chi connectivity index (χ3n) is 3.85. The van der Waals surface area contributed by atoms with Crippen LogP contribution in [0.3, 0.4) is 0 Å². The van der Waals surface area contributed by atoms with Crippen molar-refractivity contribution in [1.29, 1.82) is 0 Å². The van der Waals surface area contributed by atoms with Crippen LogP contribution in [0.5, 0.6) is 0 Å². The normalized spacial score (nSPS) is 11.0. The second kappa shape index (κ2) is 7.89. The monoisotopic (exact) mass is 389 g/mol. The van der Waals surface area contributed by atoms with Gasteiger partial charge in [-0.05, 0) is 50.2 Å². The average Bonchev–Trinajstić information content (AvgIpc) is 3.08. The Morgan fingerprint density at radius 3 is 2.42 bits per heavy atom. The topological polar surface area (TPSA) is 59.2 Å². The van der Waals surface area contributed by atoms with Crippen LogP contribution in [-0.4, -0.2) is 27.0 Å². The van der Waals surface area contributed by atoms with Crippen LogP contribution in [0.4, 0.5) is 0 Å². The first kappa shape index (κ1) is 18.4. The van der Waals surface area contributed by atoms with E-state index in [4.69, 9.17) is 27.6 Å². The van der Waals surface area contributed by atoms with Crippen molar-refractivity contribution in [1.82, 2.24) is 15.1 Å². The summed E-state index contributed by atoms with van der Waals surface area (Å²) in [4.78, 5) is 14.5. The molecular weight excluding hydrogens is 373 g/mol. The molecule has 2 aromatic carbocycles. The van der Waals surface area contributed by atoms with Gasteiger partial charge < -0.3 is 9.32 Å². The molecule has 0 saturated carbocycles. The fraction of sp³-hybridized carbons (Fsp3) is 0.211. The van der Waals surface area contributed by atoms with Crippen LogP contribution in [0.1, 0.15) is 30.1 Å². The number of benzene rings is 2. The van der Waals surface area contributed by atoms with E-state index in [1.165, 1.54) is 0 Å². The number of halogens is 2. The molecule has 1 amide bonds. The van der Waals surface area contributed by atoms with Gasteiger partial charge in [0.15, 0.2) is 0 Å². The van der Waals surface area contributed by atoms with E-state index in [1.54, 1.807) is 41.3 Å². The summed E-state index contributed by atoms with van der Waals surface area (Å²) in [5.74, 6) is 0.540. The van der Waals surface area contributed by atoms with Crippen LogP contribution >= 0.6 is 23.2 Å². The molecule has 0 saturated heterocycles. The molecular formula is C19H17Cl2N3O2. The predicted octanol–water partition coefficient (Wildman–Crippen LogP) is 5.09. The molecule has 0 atom stereocenters. The van der Waals surface area contributed by atoms with Gasteiger partial charge in [-0.2, -0.15) is 0 Å². The molecule has 26 heavy (non-hydrogen) atoms. The number of amides is 1. The molecule has 7 heteroatoms. The molecule has 1 aromatic heterocycles. The summed E-state index contributed by atoms with van der Waals surface area (Å²) in [5, 5.41) is 9.21. The van der Waals surface area contributed by atoms with Gasteiger partial charge in [-0.3, -0.25) is 4.79 Å². The molecule has 0 spiro atoms. The minimum atomic E-state index is -0.130. The van der Waals surface area contributed by atoms with E-state index >= 15 is 0 Å². The van der Waals surface area contributed by atoms with Crippen LogP contribution in [-0.2, 0) is 6.54 Å². The van der Waals surface area contributed by atoms with E-state index in [0.717, 1.165) is 0 Å². The minimum absolute atomic E-state index is 0.0474. The SMILES string of the molecule is CC(C)N(Cc1nnc(-c2ccccc2Cl)o1)C(=O)c1ccc(Cl)cc1. The van der Waals surface area contributed by atoms with Crippen molar-refractivity contribution in [3.63, 3.8) is 0 Å². The van der Waals surface area contributed by atoms with Crippen LogP contribution in [0, 0.1) is 0 Å². The Hall–Kier alpha value is -2.37. The molecule has 0 aliphatic heterocycles. The molecule has 5 nitrogen and oxygen atoms in total. The van der Waals surface area contributed by atoms with Gasteiger partial charge in [0, 0.05) is 16.6 Å². The Morgan fingerprint density at radius 2 is 1.77 bits per heavy atom. The number of aromatic nitrogens is 2. The number of hydrogen-bond acceptors (Lipinski definition) is 4. The predicted molar refractivity (Wildman–Crippen MR) is 101 cm³/mol. The third kappa shape index (κ3) is 4.06. The van der Waals surface area contributed by atoms with Gasteiger partial charge in [0.25, 0.3) is 5.91 Å². The fourth-order valence-electron chi connectivity index (χ4n) is 2.45. The zero-order valence-corrected chi connectivity index (χ0v) is 15.8. The number of hydrogen-bond donors (Lipinski definition) is 0. The Bertz CT molecular complexity index is 907. The van der Waals surface area contributed by atoms with Gasteiger partial charge in [-0.25, -0.2) is 0 Å². The van der Waals surface area contributed by atoms with Crippen molar-refractivity contribution in [3.05, 3.63) is 70.0 Å². The maximum absolute atomic E-state index is 12.8. The maximum atomic E-state index is 12.8. The molecule has 0 aliphatic rings. The van der Waals surface area contributed by atoms with E-state index in [0.29, 0.717) is 33.0 Å². The fourth-order valence-corrected chi connectivity index (χ4v) is 2.80. The lowest BCUT2D eigenvalue weighted by molar-refractivity contribution is 0.0672. The van der Waals surface area contributed by atoms with Crippen molar-refractivity contribution in [2.24, 2.45) is 0 Å². The molecule has 0 fully saturated rings. The summed E-state index contributed by atoms with van der Waals surface area (Å²) < 4.78 is 5.71. The molecule has 3 rings (SSSR count). The second-order valence-electron chi connectivity index (χ2n) is 6.01. The van der Waals surface area contributed by atoms with E-state index < -0.39 is 0 Å². The van der Waals surface area contributed by atoms with Crippen molar-refractivity contribution >= 4 is 29.1 Å². The van der Waals surface area contributed by atoms with E-state index in [9.17, 15) is 4.79 Å². The summed E-state index contributed by atoms with van der Waals surface area (Å²) in [5.41, 5.74) is 1.21. The zero-order valence-electron chi connectivity index (χ0n) is 14.3. The lowest BCUT2D eigenvalue weighted by Gasteiger charge is -2.25. The van der Waals surface area contributed by atoms with Gasteiger partial charge in [-0.15, -0.1) is 10.2 Å². The molecule has 0 radical (unpaired) electrons. The quantitative estimate of drug-likeness (QED) is 0.609. The highest BCUT2D eigenvalue weighted by Crippen LogP contribution is 2.26. The molecule has 0 unspecified atom stereocenters. The number of carbonyl (C=O) groups excluding carboxylic acids is 1. The van der Waals surface area contributed by atoms with Crippen molar-refractivity contribution in [2.75, 3.05) is 0 Å². The summed E-state index contributed by atoms with van der Waals surface area (Å²) in [6.45, 7) is 4.06. The highest BCUT2D eigenvalue weighted by Gasteiger charge is 2.22. The van der Waals surface area contributed by atoms with Gasteiger partial charge in [0.05, 0.1) is 17.1 Å². The van der Waals surface area contributed by atoms with E-state index in [-0.39, 0.29) is 18.5 Å². The van der Waals surface area contributed by atoms with Crippen molar-refractivity contribution < 1.29 is 9.21 Å². The van der Waals surface area contributed by atoms with Crippen molar-refractivity contribution in [2.45, 2.75) is 26.4 Å². The number of nitrogens with zero attached hydrogens (tertiary/aromatic N) is 3. The van der Waals surface area contributed by atoms with Crippen LogP contribution < -0.4 is 0 Å². The second-order valence-corrected chi connectivity index (χ2v) is 6.86. The minimum Gasteiger partial charge on any atom is -0.419 e. The van der Waals surface area contributed by atoms with Crippen molar-refractivity contribution in [3.8, 4) is 11.5 Å². The summed E-state index contributed by atoms with van der Waals surface area (Å²) >= 11 is 12.1. The average molecular weight is 390 g/mol. The summed E-state index contributed by atoms with van der Waals surface area (Å²) in [6.07, 6.45) is 0. The first-order valence-electron chi connectivity index (χ1n) is 8.09. The largest absolute Gasteiger partial charge is 0.419 e. The molecule has 0 bridgehead atoms. The van der Waals surface area contributed by atoms with Gasteiger partial charge in [0.2, 0.25) is 11.8 Å². The van der Waals surface area contributed by atoms with Crippen LogP contribution in [0.25, 0.3) is 11.5 Å². The molecule has 1 heterocycles. The molecule has 3 aromatic rings. The Labute approximate surface area is 161 Å². The van der Waals surface area contributed by atoms with Gasteiger partial charge >= 0.3 is 0 Å².